The van der Waals surface area contributed by atoms with Crippen LogP contribution in [-0.2, 0) is 11.7 Å². The van der Waals surface area contributed by atoms with Crippen LogP contribution in [0.25, 0.3) is 0 Å². The minimum atomic E-state index is -4.86. The summed E-state index contributed by atoms with van der Waals surface area (Å²) in [6, 6.07) is 2.54. The van der Waals surface area contributed by atoms with Crippen molar-refractivity contribution in [1.29, 1.82) is 0 Å². The number of rotatable bonds is 5. The van der Waals surface area contributed by atoms with Crippen molar-refractivity contribution in [2.24, 2.45) is 0 Å². The van der Waals surface area contributed by atoms with Gasteiger partial charge in [-0.15, -0.1) is 0 Å². The van der Waals surface area contributed by atoms with Crippen molar-refractivity contribution in [3.63, 3.8) is 0 Å². The van der Waals surface area contributed by atoms with Gasteiger partial charge >= 0.3 is 12.3 Å². The Morgan fingerprint density at radius 1 is 1.33 bits per heavy atom. The van der Waals surface area contributed by atoms with Crippen LogP contribution in [0.15, 0.2) is 18.2 Å². The number of hydrogen-bond donors (Lipinski definition) is 3. The van der Waals surface area contributed by atoms with Crippen molar-refractivity contribution < 1.29 is 32.7 Å². The molecule has 0 saturated heterocycles. The summed E-state index contributed by atoms with van der Waals surface area (Å²) in [7, 11) is 0. The number of carboxylic acid groups (broad SMARTS) is 1. The summed E-state index contributed by atoms with van der Waals surface area (Å²) in [5, 5.41) is 18.6. The Labute approximate surface area is 135 Å². The first-order chi connectivity index (χ1) is 10.9. The first-order valence-electron chi connectivity index (χ1n) is 7.22. The van der Waals surface area contributed by atoms with E-state index >= 15 is 0 Å². The van der Waals surface area contributed by atoms with E-state index < -0.39 is 34.7 Å². The zero-order valence-electron chi connectivity index (χ0n) is 13.1. The second kappa shape index (κ2) is 5.89. The van der Waals surface area contributed by atoms with Crippen molar-refractivity contribution in [1.82, 2.24) is 10.4 Å². The summed E-state index contributed by atoms with van der Waals surface area (Å²) in [4.78, 5) is 12.6. The van der Waals surface area contributed by atoms with Crippen LogP contribution < -0.4 is 5.48 Å². The quantitative estimate of drug-likeness (QED) is 0.561. The molecular formula is C15H18F4N2O3. The average molecular weight is 350 g/mol. The molecule has 9 heteroatoms. The zero-order valence-corrected chi connectivity index (χ0v) is 13.1. The average Bonchev–Trinajstić information content (AvgIpc) is 3.25. The highest BCUT2D eigenvalue weighted by Crippen LogP contribution is 2.52. The van der Waals surface area contributed by atoms with Crippen LogP contribution >= 0.6 is 0 Å². The molecule has 1 aromatic rings. The number of hydrogen-bond acceptors (Lipinski definition) is 3. The molecule has 0 bridgehead atoms. The van der Waals surface area contributed by atoms with Gasteiger partial charge in [0.05, 0.1) is 16.6 Å². The summed E-state index contributed by atoms with van der Waals surface area (Å²) in [6.07, 6.45) is -5.54. The van der Waals surface area contributed by atoms with Gasteiger partial charge in [0.1, 0.15) is 5.82 Å². The fourth-order valence-corrected chi connectivity index (χ4v) is 2.70. The summed E-state index contributed by atoms with van der Waals surface area (Å²) < 4.78 is 52.2. The lowest BCUT2D eigenvalue weighted by Crippen LogP contribution is -2.52. The number of halogens is 4. The molecule has 2 rings (SSSR count). The van der Waals surface area contributed by atoms with E-state index in [-0.39, 0.29) is 12.1 Å². The molecule has 134 valence electrons. The van der Waals surface area contributed by atoms with Crippen LogP contribution in [0.5, 0.6) is 0 Å². The predicted octanol–water partition coefficient (Wildman–Crippen LogP) is 3.57. The standard InChI is InChI=1S/C15H18F4N2O3/c1-13(2,20-24)8-21(12(22)23)14(5-6-14)9-3-4-11(16)10(7-9)15(17,18)19/h3-4,7,20,24H,5-6,8H2,1-2H3,(H,22,23). The van der Waals surface area contributed by atoms with E-state index in [0.717, 1.165) is 4.90 Å². The van der Waals surface area contributed by atoms with Gasteiger partial charge in [-0.2, -0.15) is 18.7 Å². The molecule has 0 aliphatic heterocycles. The fourth-order valence-electron chi connectivity index (χ4n) is 2.70. The molecule has 0 heterocycles. The van der Waals surface area contributed by atoms with E-state index in [1.54, 1.807) is 13.8 Å². The number of alkyl halides is 3. The van der Waals surface area contributed by atoms with Gasteiger partial charge in [-0.05, 0) is 44.4 Å². The van der Waals surface area contributed by atoms with Crippen LogP contribution in [0.1, 0.15) is 37.8 Å². The second-order valence-corrected chi connectivity index (χ2v) is 6.59. The maximum atomic E-state index is 13.5. The van der Waals surface area contributed by atoms with E-state index in [0.29, 0.717) is 25.0 Å². The molecule has 0 radical (unpaired) electrons. The third-order valence-electron chi connectivity index (χ3n) is 4.14. The molecule has 0 unspecified atom stereocenters. The molecule has 24 heavy (non-hydrogen) atoms. The Kier molecular flexibility index (Phi) is 4.53. The van der Waals surface area contributed by atoms with Gasteiger partial charge in [-0.25, -0.2) is 9.18 Å². The summed E-state index contributed by atoms with van der Waals surface area (Å²) >= 11 is 0. The lowest BCUT2D eigenvalue weighted by molar-refractivity contribution is -0.140. The number of nitrogens with zero attached hydrogens (tertiary/aromatic N) is 1. The maximum Gasteiger partial charge on any atom is 0.419 e. The minimum absolute atomic E-state index is 0.0902. The first-order valence-corrected chi connectivity index (χ1v) is 7.22. The molecule has 1 aliphatic carbocycles. The van der Waals surface area contributed by atoms with E-state index in [2.05, 4.69) is 0 Å². The van der Waals surface area contributed by atoms with Crippen LogP contribution in [0, 0.1) is 5.82 Å². The van der Waals surface area contributed by atoms with E-state index in [1.165, 1.54) is 6.07 Å². The Morgan fingerprint density at radius 2 is 1.92 bits per heavy atom. The Balaban J connectivity index is 2.44. The lowest BCUT2D eigenvalue weighted by Gasteiger charge is -2.36. The highest BCUT2D eigenvalue weighted by Gasteiger charge is 2.53. The number of amides is 1. The SMILES string of the molecule is CC(C)(CN(C(=O)O)C1(c2ccc(F)c(C(F)(F)F)c2)CC1)NO. The molecule has 3 N–H and O–H groups in total. The molecule has 1 amide bonds. The Hall–Kier alpha value is -1.87. The number of carbonyl (C=O) groups is 1. The second-order valence-electron chi connectivity index (χ2n) is 6.59. The highest BCUT2D eigenvalue weighted by molar-refractivity contribution is 5.68. The summed E-state index contributed by atoms with van der Waals surface area (Å²) in [5.74, 6) is -1.40. The molecule has 0 atom stereocenters. The molecule has 1 aromatic carbocycles. The van der Waals surface area contributed by atoms with Gasteiger partial charge in [0.25, 0.3) is 0 Å². The third kappa shape index (κ3) is 3.46. The monoisotopic (exact) mass is 350 g/mol. The van der Waals surface area contributed by atoms with Crippen molar-refractivity contribution in [3.05, 3.63) is 35.1 Å². The summed E-state index contributed by atoms with van der Waals surface area (Å²) in [5.41, 5.74) is -1.50. The Bertz CT molecular complexity index is 642. The van der Waals surface area contributed by atoms with Gasteiger partial charge in [-0.1, -0.05) is 6.07 Å². The molecule has 1 saturated carbocycles. The highest BCUT2D eigenvalue weighted by atomic mass is 19.4. The normalized spacial score (nSPS) is 16.8. The molecule has 5 nitrogen and oxygen atoms in total. The van der Waals surface area contributed by atoms with Crippen molar-refractivity contribution in [2.75, 3.05) is 6.54 Å². The van der Waals surface area contributed by atoms with Crippen LogP contribution in [-0.4, -0.2) is 33.4 Å². The van der Waals surface area contributed by atoms with Crippen LogP contribution in [0.4, 0.5) is 22.4 Å². The van der Waals surface area contributed by atoms with E-state index in [1.807, 2.05) is 5.48 Å². The van der Waals surface area contributed by atoms with Gasteiger partial charge in [-0.3, -0.25) is 4.90 Å². The molecule has 1 fully saturated rings. The molecule has 0 aromatic heterocycles. The largest absolute Gasteiger partial charge is 0.465 e. The number of nitrogens with one attached hydrogen (secondary N) is 1. The smallest absolute Gasteiger partial charge is 0.419 e. The van der Waals surface area contributed by atoms with Gasteiger partial charge < -0.3 is 10.3 Å². The molecular weight excluding hydrogens is 332 g/mol. The van der Waals surface area contributed by atoms with Gasteiger partial charge in [0.2, 0.25) is 0 Å². The first kappa shape index (κ1) is 18.5. The lowest BCUT2D eigenvalue weighted by atomic mass is 9.97. The fraction of sp³-hybridized carbons (Fsp3) is 0.533. The topological polar surface area (TPSA) is 72.8 Å². The third-order valence-corrected chi connectivity index (χ3v) is 4.14. The molecule has 0 spiro atoms. The minimum Gasteiger partial charge on any atom is -0.465 e. The predicted molar refractivity (Wildman–Crippen MR) is 76.0 cm³/mol. The number of benzene rings is 1. The Morgan fingerprint density at radius 3 is 2.33 bits per heavy atom. The van der Waals surface area contributed by atoms with Gasteiger partial charge in [0.15, 0.2) is 0 Å². The zero-order chi connectivity index (χ0) is 18.3. The number of hydroxylamine groups is 1. The maximum absolute atomic E-state index is 13.5. The summed E-state index contributed by atoms with van der Waals surface area (Å²) in [6.45, 7) is 2.94. The molecule has 1 aliphatic rings. The van der Waals surface area contributed by atoms with Crippen LogP contribution in [0.3, 0.4) is 0 Å². The van der Waals surface area contributed by atoms with Crippen molar-refractivity contribution in [3.8, 4) is 0 Å². The van der Waals surface area contributed by atoms with Gasteiger partial charge in [0, 0.05) is 6.54 Å². The van der Waals surface area contributed by atoms with Crippen molar-refractivity contribution >= 4 is 6.09 Å². The van der Waals surface area contributed by atoms with Crippen LogP contribution in [0.2, 0.25) is 0 Å². The van der Waals surface area contributed by atoms with E-state index in [4.69, 9.17) is 5.21 Å². The van der Waals surface area contributed by atoms with E-state index in [9.17, 15) is 27.5 Å². The van der Waals surface area contributed by atoms with Crippen molar-refractivity contribution in [2.45, 2.75) is 43.9 Å².